The molecule has 0 aliphatic rings. The van der Waals surface area contributed by atoms with Crippen molar-refractivity contribution in [3.63, 3.8) is 0 Å². The summed E-state index contributed by atoms with van der Waals surface area (Å²) < 4.78 is 51.3. The number of halogens is 4. The summed E-state index contributed by atoms with van der Waals surface area (Å²) in [6.07, 6.45) is -0.0334. The molecule has 0 fully saturated rings. The molecule has 25 heavy (non-hydrogen) atoms. The predicted octanol–water partition coefficient (Wildman–Crippen LogP) is 4.14. The molecule has 0 aromatic heterocycles. The van der Waals surface area contributed by atoms with Crippen LogP contribution in [0.4, 0.5) is 8.78 Å². The zero-order valence-electron chi connectivity index (χ0n) is 13.6. The fraction of sp³-hybridized carbons (Fsp3) is 0.500. The molecular formula is C14H20BrClF2NO5P. The Morgan fingerprint density at radius 1 is 1.36 bits per heavy atom. The van der Waals surface area contributed by atoms with Gasteiger partial charge in [0.05, 0.1) is 13.2 Å². The van der Waals surface area contributed by atoms with Crippen LogP contribution in [0.2, 0.25) is 0 Å². The van der Waals surface area contributed by atoms with Gasteiger partial charge in [-0.25, -0.2) is 0 Å². The van der Waals surface area contributed by atoms with Gasteiger partial charge >= 0.3 is 19.2 Å². The summed E-state index contributed by atoms with van der Waals surface area (Å²) in [4.78, 5) is 10.8. The van der Waals surface area contributed by atoms with Crippen molar-refractivity contribution in [3.05, 3.63) is 33.8 Å². The highest BCUT2D eigenvalue weighted by molar-refractivity contribution is 9.10. The maximum atomic E-state index is 14.7. The number of benzene rings is 1. The molecule has 0 spiro atoms. The first kappa shape index (κ1) is 24.4. The molecule has 0 radical (unpaired) electrons. The maximum Gasteiger partial charge on any atom is 0.404 e. The van der Waals surface area contributed by atoms with E-state index in [0.29, 0.717) is 5.56 Å². The van der Waals surface area contributed by atoms with Gasteiger partial charge in [0.25, 0.3) is 0 Å². The van der Waals surface area contributed by atoms with Gasteiger partial charge < -0.3 is 19.9 Å². The van der Waals surface area contributed by atoms with Gasteiger partial charge in [0.2, 0.25) is 0 Å². The van der Waals surface area contributed by atoms with Crippen LogP contribution in [-0.4, -0.2) is 30.3 Å². The molecule has 3 N–H and O–H groups in total. The maximum absolute atomic E-state index is 14.7. The summed E-state index contributed by atoms with van der Waals surface area (Å²) in [5.74, 6) is -1.20. The molecular weight excluding hydrogens is 446 g/mol. The number of alkyl halides is 2. The summed E-state index contributed by atoms with van der Waals surface area (Å²) in [5, 5.41) is 8.79. The average molecular weight is 467 g/mol. The first-order valence-electron chi connectivity index (χ1n) is 7.13. The van der Waals surface area contributed by atoms with Crippen LogP contribution >= 0.6 is 35.9 Å². The summed E-state index contributed by atoms with van der Waals surface area (Å²) in [5.41, 5.74) is 1.43. The van der Waals surface area contributed by atoms with E-state index in [0.717, 1.165) is 6.07 Å². The van der Waals surface area contributed by atoms with Crippen LogP contribution in [0.25, 0.3) is 0 Å². The summed E-state index contributed by atoms with van der Waals surface area (Å²) in [7, 11) is -4.71. The van der Waals surface area contributed by atoms with Gasteiger partial charge in [0, 0.05) is 10.0 Å². The number of rotatable bonds is 9. The van der Waals surface area contributed by atoms with Crippen LogP contribution in [0.5, 0.6) is 0 Å². The van der Waals surface area contributed by atoms with Crippen molar-refractivity contribution in [2.75, 3.05) is 13.2 Å². The molecule has 144 valence electrons. The van der Waals surface area contributed by atoms with Crippen molar-refractivity contribution in [1.82, 2.24) is 0 Å². The Morgan fingerprint density at radius 3 is 2.28 bits per heavy atom. The smallest absolute Gasteiger partial charge is 0.404 e. The SMILES string of the molecule is CCOP(=O)(OCC)C(F)(F)c1ccc(C[C@H](N)C(=O)O)cc1Br.Cl. The molecule has 0 unspecified atom stereocenters. The monoisotopic (exact) mass is 465 g/mol. The van der Waals surface area contributed by atoms with Crippen molar-refractivity contribution in [2.24, 2.45) is 5.73 Å². The van der Waals surface area contributed by atoms with E-state index in [1.807, 2.05) is 0 Å². The van der Waals surface area contributed by atoms with E-state index in [1.165, 1.54) is 26.0 Å². The molecule has 6 nitrogen and oxygen atoms in total. The minimum absolute atomic E-state index is 0. The molecule has 0 aliphatic carbocycles. The lowest BCUT2D eigenvalue weighted by Crippen LogP contribution is -2.32. The highest BCUT2D eigenvalue weighted by Gasteiger charge is 2.55. The fourth-order valence-electron chi connectivity index (χ4n) is 1.96. The fourth-order valence-corrected chi connectivity index (χ4v) is 4.35. The highest BCUT2D eigenvalue weighted by atomic mass is 79.9. The lowest BCUT2D eigenvalue weighted by molar-refractivity contribution is -0.138. The molecule has 0 saturated carbocycles. The second-order valence-corrected chi connectivity index (χ2v) is 7.76. The first-order chi connectivity index (χ1) is 11.1. The average Bonchev–Trinajstić information content (AvgIpc) is 2.47. The molecule has 0 bridgehead atoms. The van der Waals surface area contributed by atoms with Crippen LogP contribution in [0.3, 0.4) is 0 Å². The number of carboxylic acid groups (broad SMARTS) is 1. The van der Waals surface area contributed by atoms with Gasteiger partial charge in [-0.15, -0.1) is 12.4 Å². The quantitative estimate of drug-likeness (QED) is 0.531. The molecule has 0 amide bonds. The minimum Gasteiger partial charge on any atom is -0.480 e. The number of aliphatic carboxylic acids is 1. The van der Waals surface area contributed by atoms with E-state index in [9.17, 15) is 18.1 Å². The van der Waals surface area contributed by atoms with Crippen LogP contribution in [0, 0.1) is 0 Å². The Hall–Kier alpha value is -0.570. The molecule has 1 aromatic carbocycles. The Bertz CT molecular complexity index is 640. The zero-order valence-corrected chi connectivity index (χ0v) is 16.9. The van der Waals surface area contributed by atoms with E-state index >= 15 is 0 Å². The molecule has 0 heterocycles. The van der Waals surface area contributed by atoms with Crippen molar-refractivity contribution >= 4 is 41.9 Å². The van der Waals surface area contributed by atoms with Crippen LogP contribution in [0.1, 0.15) is 25.0 Å². The topological polar surface area (TPSA) is 98.9 Å². The molecule has 1 aromatic rings. The van der Waals surface area contributed by atoms with Crippen LogP contribution in [0.15, 0.2) is 22.7 Å². The molecule has 0 aliphatic heterocycles. The normalized spacial score (nSPS) is 13.2. The zero-order chi connectivity index (χ0) is 18.5. The van der Waals surface area contributed by atoms with Gasteiger partial charge in [-0.1, -0.05) is 28.1 Å². The summed E-state index contributed by atoms with van der Waals surface area (Å²) in [6.45, 7) is 2.48. The highest BCUT2D eigenvalue weighted by Crippen LogP contribution is 2.67. The number of carbonyl (C=O) groups is 1. The van der Waals surface area contributed by atoms with E-state index in [4.69, 9.17) is 19.9 Å². The Kier molecular flexibility index (Phi) is 9.72. The van der Waals surface area contributed by atoms with Crippen molar-refractivity contribution in [3.8, 4) is 0 Å². The second kappa shape index (κ2) is 9.94. The largest absolute Gasteiger partial charge is 0.480 e. The molecule has 0 saturated heterocycles. The Morgan fingerprint density at radius 2 is 1.88 bits per heavy atom. The van der Waals surface area contributed by atoms with E-state index in [-0.39, 0.29) is 36.5 Å². The second-order valence-electron chi connectivity index (χ2n) is 4.84. The number of hydrogen-bond acceptors (Lipinski definition) is 5. The van der Waals surface area contributed by atoms with Crippen molar-refractivity contribution in [1.29, 1.82) is 0 Å². The third-order valence-corrected chi connectivity index (χ3v) is 5.85. The van der Waals surface area contributed by atoms with Crippen LogP contribution in [-0.2, 0) is 30.5 Å². The summed E-state index contributed by atoms with van der Waals surface area (Å²) in [6, 6.07) is 2.52. The van der Waals surface area contributed by atoms with E-state index in [1.54, 1.807) is 0 Å². The molecule has 11 heteroatoms. The Balaban J connectivity index is 0.00000576. The van der Waals surface area contributed by atoms with Gasteiger partial charge in [-0.3, -0.25) is 9.36 Å². The minimum atomic E-state index is -4.71. The molecule has 1 rings (SSSR count). The third-order valence-electron chi connectivity index (χ3n) is 3.07. The Labute approximate surface area is 159 Å². The van der Waals surface area contributed by atoms with Gasteiger partial charge in [0.15, 0.2) is 0 Å². The lowest BCUT2D eigenvalue weighted by atomic mass is 10.0. The van der Waals surface area contributed by atoms with Gasteiger partial charge in [0.1, 0.15) is 6.04 Å². The van der Waals surface area contributed by atoms with Crippen molar-refractivity contribution in [2.45, 2.75) is 32.0 Å². The lowest BCUT2D eigenvalue weighted by Gasteiger charge is -2.26. The van der Waals surface area contributed by atoms with E-state index in [2.05, 4.69) is 15.9 Å². The van der Waals surface area contributed by atoms with Gasteiger partial charge in [-0.2, -0.15) is 8.78 Å². The molecule has 1 atom stereocenters. The van der Waals surface area contributed by atoms with Crippen molar-refractivity contribution < 1.29 is 32.3 Å². The number of carboxylic acids is 1. The van der Waals surface area contributed by atoms with E-state index < -0.39 is 30.8 Å². The number of hydrogen-bond donors (Lipinski definition) is 2. The predicted molar refractivity (Wildman–Crippen MR) is 95.5 cm³/mol. The summed E-state index contributed by atoms with van der Waals surface area (Å²) >= 11 is 3.00. The number of nitrogens with two attached hydrogens (primary N) is 1. The van der Waals surface area contributed by atoms with Gasteiger partial charge in [-0.05, 0) is 31.9 Å². The third kappa shape index (κ3) is 5.70. The first-order valence-corrected chi connectivity index (χ1v) is 9.47. The standard InChI is InChI=1S/C14H19BrF2NO5P.ClH/c1-3-22-24(21,23-4-2)14(16,17)10-6-5-9(7-11(10)15)8-12(18)13(19)20;/h5-7,12H,3-4,8,18H2,1-2H3,(H,19,20);1H/t12-;/m0./s1. The van der Waals surface area contributed by atoms with Crippen LogP contribution < -0.4 is 5.73 Å².